The minimum Gasteiger partial charge on any atom is -0.368 e. The number of nitrogens with zero attached hydrogens (tertiary/aromatic N) is 4. The third-order valence-corrected chi connectivity index (χ3v) is 6.13. The number of amides is 1. The summed E-state index contributed by atoms with van der Waals surface area (Å²) >= 11 is 0. The highest BCUT2D eigenvalue weighted by atomic mass is 19.1. The zero-order chi connectivity index (χ0) is 22.8. The van der Waals surface area contributed by atoms with Gasteiger partial charge in [-0.25, -0.2) is 9.82 Å². The maximum Gasteiger partial charge on any atom is 0.273 e. The highest BCUT2D eigenvalue weighted by molar-refractivity contribution is 6.05. The molecule has 1 aromatic heterocycles. The van der Waals surface area contributed by atoms with Crippen LogP contribution in [0, 0.1) is 5.82 Å². The lowest BCUT2D eigenvalue weighted by atomic mass is 10.0. The standard InChI is InChI=1S/C26H26FN5O/c1-30-11-13-31(14-12-30)25-8-3-2-7-23(25)26(33)29-32-24-10-9-20(16-21(24)18-28-32)15-19-5-4-6-22(27)17-19/h2-10,16-18H,11-15H2,1H3,(H,29,33). The average molecular weight is 444 g/mol. The fourth-order valence-electron chi connectivity index (χ4n) is 4.31. The maximum atomic E-state index is 13.5. The van der Waals surface area contributed by atoms with Crippen molar-refractivity contribution in [1.82, 2.24) is 14.8 Å². The van der Waals surface area contributed by atoms with E-state index >= 15 is 0 Å². The number of hydrogen-bond donors (Lipinski definition) is 1. The van der Waals surface area contributed by atoms with E-state index in [0.717, 1.165) is 53.9 Å². The predicted octanol–water partition coefficient (Wildman–Crippen LogP) is 3.90. The molecule has 1 aliphatic heterocycles. The molecule has 7 heteroatoms. The summed E-state index contributed by atoms with van der Waals surface area (Å²) < 4.78 is 13.5. The summed E-state index contributed by atoms with van der Waals surface area (Å²) in [5.74, 6) is -0.431. The Morgan fingerprint density at radius 2 is 1.76 bits per heavy atom. The Hall–Kier alpha value is -3.71. The van der Waals surface area contributed by atoms with Crippen LogP contribution >= 0.6 is 0 Å². The molecular formula is C26H26FN5O. The van der Waals surface area contributed by atoms with E-state index in [4.69, 9.17) is 0 Å². The Kier molecular flexibility index (Phi) is 5.79. The van der Waals surface area contributed by atoms with Gasteiger partial charge in [-0.2, -0.15) is 9.89 Å². The Morgan fingerprint density at radius 3 is 2.58 bits per heavy atom. The number of anilines is 1. The van der Waals surface area contributed by atoms with Crippen molar-refractivity contribution in [3.63, 3.8) is 0 Å². The monoisotopic (exact) mass is 443 g/mol. The normalized spacial score (nSPS) is 14.5. The number of benzene rings is 3. The van der Waals surface area contributed by atoms with Gasteiger partial charge in [0.2, 0.25) is 0 Å². The number of hydrogen-bond acceptors (Lipinski definition) is 4. The molecule has 3 aromatic carbocycles. The summed E-state index contributed by atoms with van der Waals surface area (Å²) in [6.45, 7) is 3.72. The van der Waals surface area contributed by atoms with Crippen molar-refractivity contribution in [2.24, 2.45) is 0 Å². The van der Waals surface area contributed by atoms with Crippen molar-refractivity contribution in [2.45, 2.75) is 6.42 Å². The molecule has 1 fully saturated rings. The first-order valence-electron chi connectivity index (χ1n) is 11.1. The SMILES string of the molecule is CN1CCN(c2ccccc2C(=O)Nn2ncc3cc(Cc4cccc(F)c4)ccc32)CC1. The number of halogens is 1. The van der Waals surface area contributed by atoms with E-state index in [1.165, 1.54) is 10.9 Å². The number of carbonyl (C=O) groups is 1. The molecule has 1 amide bonds. The molecule has 33 heavy (non-hydrogen) atoms. The maximum absolute atomic E-state index is 13.5. The first-order chi connectivity index (χ1) is 16.1. The molecule has 0 atom stereocenters. The van der Waals surface area contributed by atoms with Crippen molar-refractivity contribution >= 4 is 22.5 Å². The number of likely N-dealkylation sites (N-methyl/N-ethyl adjacent to an activating group) is 1. The Labute approximate surface area is 192 Å². The van der Waals surface area contributed by atoms with Gasteiger partial charge >= 0.3 is 0 Å². The van der Waals surface area contributed by atoms with Crippen molar-refractivity contribution in [3.05, 3.63) is 95.4 Å². The topological polar surface area (TPSA) is 53.4 Å². The number of para-hydroxylation sites is 1. The smallest absolute Gasteiger partial charge is 0.273 e. The van der Waals surface area contributed by atoms with Crippen LogP contribution < -0.4 is 10.3 Å². The van der Waals surface area contributed by atoms with E-state index < -0.39 is 0 Å². The molecule has 1 saturated heterocycles. The van der Waals surface area contributed by atoms with Crippen LogP contribution in [0.3, 0.4) is 0 Å². The van der Waals surface area contributed by atoms with Gasteiger partial charge in [-0.15, -0.1) is 0 Å². The number of rotatable bonds is 5. The second-order valence-corrected chi connectivity index (χ2v) is 8.50. The van der Waals surface area contributed by atoms with E-state index in [1.807, 2.05) is 48.5 Å². The van der Waals surface area contributed by atoms with Gasteiger partial charge in [-0.05, 0) is 61.0 Å². The van der Waals surface area contributed by atoms with Crippen molar-refractivity contribution in [3.8, 4) is 0 Å². The summed E-state index contributed by atoms with van der Waals surface area (Å²) in [6.07, 6.45) is 2.36. The molecule has 6 nitrogen and oxygen atoms in total. The molecule has 5 rings (SSSR count). The zero-order valence-corrected chi connectivity index (χ0v) is 18.5. The van der Waals surface area contributed by atoms with Gasteiger partial charge in [0, 0.05) is 37.3 Å². The van der Waals surface area contributed by atoms with Gasteiger partial charge in [0.25, 0.3) is 5.91 Å². The number of carbonyl (C=O) groups excluding carboxylic acids is 1. The number of piperazine rings is 1. The molecular weight excluding hydrogens is 417 g/mol. The van der Waals surface area contributed by atoms with Crippen LogP contribution in [0.25, 0.3) is 10.9 Å². The third kappa shape index (κ3) is 4.59. The Morgan fingerprint density at radius 1 is 0.970 bits per heavy atom. The third-order valence-electron chi connectivity index (χ3n) is 6.13. The van der Waals surface area contributed by atoms with Gasteiger partial charge in [-0.1, -0.05) is 30.3 Å². The molecule has 1 N–H and O–H groups in total. The van der Waals surface area contributed by atoms with Crippen LogP contribution in [-0.2, 0) is 6.42 Å². The largest absolute Gasteiger partial charge is 0.368 e. The first-order valence-corrected chi connectivity index (χ1v) is 11.1. The minimum atomic E-state index is -0.235. The van der Waals surface area contributed by atoms with Gasteiger partial charge in [-0.3, -0.25) is 4.79 Å². The summed E-state index contributed by atoms with van der Waals surface area (Å²) in [5, 5.41) is 5.29. The molecule has 168 valence electrons. The Bertz CT molecular complexity index is 1290. The van der Waals surface area contributed by atoms with Crippen LogP contribution in [0.2, 0.25) is 0 Å². The molecule has 0 aliphatic carbocycles. The van der Waals surface area contributed by atoms with Crippen LogP contribution in [0.5, 0.6) is 0 Å². The number of aromatic nitrogens is 2. The molecule has 0 bridgehead atoms. The molecule has 0 spiro atoms. The molecule has 2 heterocycles. The lowest BCUT2D eigenvalue weighted by Crippen LogP contribution is -2.45. The lowest BCUT2D eigenvalue weighted by Gasteiger charge is -2.34. The number of nitrogens with one attached hydrogen (secondary N) is 1. The highest BCUT2D eigenvalue weighted by Crippen LogP contribution is 2.23. The highest BCUT2D eigenvalue weighted by Gasteiger charge is 2.20. The molecule has 4 aromatic rings. The second kappa shape index (κ2) is 9.03. The van der Waals surface area contributed by atoms with Crippen LogP contribution in [0.15, 0.2) is 72.9 Å². The van der Waals surface area contributed by atoms with E-state index in [9.17, 15) is 9.18 Å². The quantitative estimate of drug-likeness (QED) is 0.508. The van der Waals surface area contributed by atoms with E-state index in [2.05, 4.69) is 27.4 Å². The van der Waals surface area contributed by atoms with Gasteiger partial charge < -0.3 is 9.80 Å². The molecule has 0 unspecified atom stereocenters. The van der Waals surface area contributed by atoms with Gasteiger partial charge in [0.15, 0.2) is 0 Å². The predicted molar refractivity (Wildman–Crippen MR) is 129 cm³/mol. The zero-order valence-electron chi connectivity index (χ0n) is 18.5. The summed E-state index contributed by atoms with van der Waals surface area (Å²) in [5.41, 5.74) is 7.28. The molecule has 0 radical (unpaired) electrons. The number of fused-ring (bicyclic) bond motifs is 1. The lowest BCUT2D eigenvalue weighted by molar-refractivity contribution is 0.101. The minimum absolute atomic E-state index is 0.196. The van der Waals surface area contributed by atoms with Gasteiger partial charge in [0.1, 0.15) is 5.82 Å². The van der Waals surface area contributed by atoms with E-state index in [1.54, 1.807) is 18.3 Å². The van der Waals surface area contributed by atoms with Crippen molar-refractivity contribution < 1.29 is 9.18 Å². The summed E-state index contributed by atoms with van der Waals surface area (Å²) in [6, 6.07) is 20.3. The molecule has 0 saturated carbocycles. The van der Waals surface area contributed by atoms with E-state index in [-0.39, 0.29) is 11.7 Å². The average Bonchev–Trinajstić information content (AvgIpc) is 3.21. The fraction of sp³-hybridized carbons (Fsp3) is 0.231. The first kappa shape index (κ1) is 21.2. The van der Waals surface area contributed by atoms with Crippen molar-refractivity contribution in [2.75, 3.05) is 43.6 Å². The van der Waals surface area contributed by atoms with Crippen LogP contribution in [0.4, 0.5) is 10.1 Å². The van der Waals surface area contributed by atoms with Crippen LogP contribution in [0.1, 0.15) is 21.5 Å². The second-order valence-electron chi connectivity index (χ2n) is 8.50. The van der Waals surface area contributed by atoms with Crippen molar-refractivity contribution in [1.29, 1.82) is 0 Å². The summed E-state index contributed by atoms with van der Waals surface area (Å²) in [4.78, 5) is 19.2. The summed E-state index contributed by atoms with van der Waals surface area (Å²) in [7, 11) is 2.11. The fourth-order valence-corrected chi connectivity index (χ4v) is 4.31. The van der Waals surface area contributed by atoms with Crippen LogP contribution in [-0.4, -0.2) is 53.9 Å². The van der Waals surface area contributed by atoms with Gasteiger partial charge in [0.05, 0.1) is 17.3 Å². The molecule has 1 aliphatic rings. The van der Waals surface area contributed by atoms with E-state index in [0.29, 0.717) is 12.0 Å². The Balaban J connectivity index is 1.35.